The van der Waals surface area contributed by atoms with E-state index in [2.05, 4.69) is 136 Å². The van der Waals surface area contributed by atoms with Crippen molar-refractivity contribution in [3.05, 3.63) is 106 Å². The summed E-state index contributed by atoms with van der Waals surface area (Å²) in [7, 11) is 0. The molecule has 1 atom stereocenters. The molecule has 2 aliphatic rings. The molecule has 0 aromatic heterocycles. The minimum atomic E-state index is 0.317. The highest BCUT2D eigenvalue weighted by Gasteiger charge is 2.30. The lowest BCUT2D eigenvalue weighted by atomic mass is 9.68. The van der Waals surface area contributed by atoms with Crippen LogP contribution in [0.15, 0.2) is 106 Å². The Bertz CT molecular complexity index is 1110. The second kappa shape index (κ2) is 16.2. The van der Waals surface area contributed by atoms with Crippen LogP contribution in [0.2, 0.25) is 0 Å². The predicted octanol–water partition coefficient (Wildman–Crippen LogP) is 12.9. The number of allylic oxidation sites excluding steroid dienone is 18. The molecule has 0 nitrogen and oxygen atoms in total. The second-order valence-electron chi connectivity index (χ2n) is 13.9. The summed E-state index contributed by atoms with van der Waals surface area (Å²) in [5, 5.41) is 0. The first-order valence-corrected chi connectivity index (χ1v) is 15.9. The molecule has 2 aliphatic carbocycles. The molecule has 40 heavy (non-hydrogen) atoms. The summed E-state index contributed by atoms with van der Waals surface area (Å²) < 4.78 is 0. The average Bonchev–Trinajstić information content (AvgIpc) is 2.85. The van der Waals surface area contributed by atoms with Crippen LogP contribution in [0.3, 0.4) is 0 Å². The molecular weight excluding hydrogens is 480 g/mol. The molecule has 0 amide bonds. The van der Waals surface area contributed by atoms with Crippen LogP contribution in [0, 0.1) is 16.7 Å². The molecule has 0 bridgehead atoms. The molecular formula is C40H60. The SMILES string of the molecule is CC1=CCCC(C)(C)[C@H]1\C=C/C(C)=C/C=C/C(C)=C/CC/C=C(\C)CC/C=C(C)/C=C/C1=C(C)CCCC1(C)C. The minimum absolute atomic E-state index is 0.317. The van der Waals surface area contributed by atoms with Crippen LogP contribution >= 0.6 is 0 Å². The monoisotopic (exact) mass is 540 g/mol. The van der Waals surface area contributed by atoms with Gasteiger partial charge in [-0.2, -0.15) is 0 Å². The van der Waals surface area contributed by atoms with Crippen molar-refractivity contribution >= 4 is 0 Å². The molecule has 2 rings (SSSR count). The lowest BCUT2D eigenvalue weighted by molar-refractivity contribution is 0.255. The van der Waals surface area contributed by atoms with Gasteiger partial charge in [0.15, 0.2) is 0 Å². The van der Waals surface area contributed by atoms with Gasteiger partial charge in [0.05, 0.1) is 0 Å². The van der Waals surface area contributed by atoms with E-state index in [1.807, 2.05) is 0 Å². The van der Waals surface area contributed by atoms with Crippen LogP contribution in [0.1, 0.15) is 127 Å². The van der Waals surface area contributed by atoms with E-state index < -0.39 is 0 Å². The largest absolute Gasteiger partial charge is 0.0853 e. The fourth-order valence-electron chi connectivity index (χ4n) is 6.27. The Hall–Kier alpha value is -2.34. The van der Waals surface area contributed by atoms with Crippen molar-refractivity contribution in [2.24, 2.45) is 16.7 Å². The van der Waals surface area contributed by atoms with Gasteiger partial charge in [-0.1, -0.05) is 128 Å². The van der Waals surface area contributed by atoms with Gasteiger partial charge in [-0.15, -0.1) is 0 Å². The van der Waals surface area contributed by atoms with Crippen molar-refractivity contribution < 1.29 is 0 Å². The molecule has 0 radical (unpaired) electrons. The third-order valence-electron chi connectivity index (χ3n) is 9.04. The predicted molar refractivity (Wildman–Crippen MR) is 182 cm³/mol. The smallest absolute Gasteiger partial charge is 0.00285 e. The lowest BCUT2D eigenvalue weighted by Crippen LogP contribution is -2.26. The van der Waals surface area contributed by atoms with E-state index in [0.717, 1.165) is 25.7 Å². The van der Waals surface area contributed by atoms with Crippen molar-refractivity contribution in [2.45, 2.75) is 127 Å². The van der Waals surface area contributed by atoms with E-state index >= 15 is 0 Å². The maximum absolute atomic E-state index is 2.42. The summed E-state index contributed by atoms with van der Waals surface area (Å²) in [5.41, 5.74) is 10.8. The van der Waals surface area contributed by atoms with Gasteiger partial charge in [0.2, 0.25) is 0 Å². The lowest BCUT2D eigenvalue weighted by Gasteiger charge is -2.36. The topological polar surface area (TPSA) is 0 Å². The number of rotatable bonds is 12. The maximum atomic E-state index is 2.42. The zero-order chi connectivity index (χ0) is 29.8. The minimum Gasteiger partial charge on any atom is -0.0853 e. The van der Waals surface area contributed by atoms with Gasteiger partial charge < -0.3 is 0 Å². The van der Waals surface area contributed by atoms with Crippen molar-refractivity contribution in [3.63, 3.8) is 0 Å². The van der Waals surface area contributed by atoms with Crippen LogP contribution < -0.4 is 0 Å². The summed E-state index contributed by atoms with van der Waals surface area (Å²) in [6, 6.07) is 0. The van der Waals surface area contributed by atoms with Crippen LogP contribution in [0.5, 0.6) is 0 Å². The second-order valence-corrected chi connectivity index (χ2v) is 13.9. The van der Waals surface area contributed by atoms with Crippen LogP contribution in [-0.4, -0.2) is 0 Å². The first kappa shape index (κ1) is 33.9. The molecule has 0 aliphatic heterocycles. The third-order valence-corrected chi connectivity index (χ3v) is 9.04. The fourth-order valence-corrected chi connectivity index (χ4v) is 6.27. The van der Waals surface area contributed by atoms with E-state index in [1.165, 1.54) is 60.0 Å². The molecule has 0 fully saturated rings. The quantitative estimate of drug-likeness (QED) is 0.131. The Kier molecular flexibility index (Phi) is 13.7. The summed E-state index contributed by atoms with van der Waals surface area (Å²) in [5.74, 6) is 0.546. The highest BCUT2D eigenvalue weighted by molar-refractivity contribution is 5.36. The van der Waals surface area contributed by atoms with E-state index in [9.17, 15) is 0 Å². The van der Waals surface area contributed by atoms with E-state index in [0.29, 0.717) is 16.7 Å². The molecule has 0 heterocycles. The van der Waals surface area contributed by atoms with E-state index in [4.69, 9.17) is 0 Å². The number of hydrogen-bond acceptors (Lipinski definition) is 0. The Morgan fingerprint density at radius 3 is 2.20 bits per heavy atom. The zero-order valence-corrected chi connectivity index (χ0v) is 27.8. The van der Waals surface area contributed by atoms with E-state index in [-0.39, 0.29) is 0 Å². The Balaban J connectivity index is 1.76. The van der Waals surface area contributed by atoms with Gasteiger partial charge in [-0.3, -0.25) is 0 Å². The third kappa shape index (κ3) is 11.6. The van der Waals surface area contributed by atoms with Crippen molar-refractivity contribution in [1.29, 1.82) is 0 Å². The standard InChI is InChI=1S/C40H60/c1-31(19-13-21-33(3)25-27-37-35(5)23-15-29-39(37,7)8)17-11-12-18-32(2)20-14-22-34(4)26-28-38-36(6)24-16-30-40(38,9)10/h13,17-19,21-23,25-28,37H,11-12,14-16,20,24,29-30H2,1-10H3/b19-13+,27-25-,28-26+,31-17+,32-18+,33-21+,34-22+/t37-/m0/s1. The van der Waals surface area contributed by atoms with Crippen LogP contribution in [-0.2, 0) is 0 Å². The number of hydrogen-bond donors (Lipinski definition) is 0. The number of unbranched alkanes of at least 4 members (excludes halogenated alkanes) is 1. The molecule has 0 saturated carbocycles. The first-order chi connectivity index (χ1) is 18.8. The molecule has 0 unspecified atom stereocenters. The molecule has 220 valence electrons. The summed E-state index contributed by atoms with van der Waals surface area (Å²) >= 11 is 0. The van der Waals surface area contributed by atoms with Gasteiger partial charge in [-0.05, 0) is 116 Å². The maximum Gasteiger partial charge on any atom is 0.00285 e. The van der Waals surface area contributed by atoms with E-state index in [1.54, 1.807) is 11.1 Å². The van der Waals surface area contributed by atoms with Gasteiger partial charge >= 0.3 is 0 Å². The van der Waals surface area contributed by atoms with Crippen molar-refractivity contribution in [2.75, 3.05) is 0 Å². The highest BCUT2D eigenvalue weighted by Crippen LogP contribution is 2.42. The molecule has 0 aromatic rings. The average molecular weight is 541 g/mol. The van der Waals surface area contributed by atoms with Gasteiger partial charge in [0.25, 0.3) is 0 Å². The normalized spacial score (nSPS) is 23.1. The molecule has 0 aromatic carbocycles. The molecule has 0 N–H and O–H groups in total. The first-order valence-electron chi connectivity index (χ1n) is 15.9. The van der Waals surface area contributed by atoms with Crippen LogP contribution in [0.25, 0.3) is 0 Å². The molecule has 0 saturated heterocycles. The summed E-state index contributed by atoms with van der Waals surface area (Å²) in [4.78, 5) is 0. The Labute approximate surface area is 249 Å². The van der Waals surface area contributed by atoms with Gasteiger partial charge in [-0.25, -0.2) is 0 Å². The Morgan fingerprint density at radius 2 is 1.50 bits per heavy atom. The molecule has 0 heteroatoms. The highest BCUT2D eigenvalue weighted by atomic mass is 14.3. The molecule has 0 spiro atoms. The Morgan fingerprint density at radius 1 is 0.825 bits per heavy atom. The zero-order valence-electron chi connectivity index (χ0n) is 27.8. The van der Waals surface area contributed by atoms with Crippen LogP contribution in [0.4, 0.5) is 0 Å². The van der Waals surface area contributed by atoms with Crippen molar-refractivity contribution in [1.82, 2.24) is 0 Å². The van der Waals surface area contributed by atoms with Gasteiger partial charge in [0, 0.05) is 5.92 Å². The van der Waals surface area contributed by atoms with Crippen molar-refractivity contribution in [3.8, 4) is 0 Å². The summed E-state index contributed by atoms with van der Waals surface area (Å²) in [6.07, 6.45) is 36.5. The van der Waals surface area contributed by atoms with Gasteiger partial charge in [0.1, 0.15) is 0 Å². The summed E-state index contributed by atoms with van der Waals surface area (Å²) in [6.45, 7) is 23.1. The fraction of sp³-hybridized carbons (Fsp3) is 0.550.